The molecule has 0 fully saturated rings. The van der Waals surface area contributed by atoms with Crippen molar-refractivity contribution in [1.29, 1.82) is 0 Å². The maximum Gasteiger partial charge on any atom is 0.327 e. The molecule has 0 saturated carbocycles. The Labute approximate surface area is 118 Å². The highest BCUT2D eigenvalue weighted by Crippen LogP contribution is 2.11. The molecule has 120 valence electrons. The Hall–Kier alpha value is -2.21. The van der Waals surface area contributed by atoms with Crippen LogP contribution in [-0.4, -0.2) is 75.3 Å². The van der Waals surface area contributed by atoms with E-state index in [1.807, 2.05) is 0 Å². The zero-order valence-electron chi connectivity index (χ0n) is 10.7. The molecule has 4 N–H and O–H groups in total. The SMILES string of the molecule is CN(C(=O)CC(C(=O)O)S(=O)(=O)O)C(CC(=O)O)C(=O)O. The van der Waals surface area contributed by atoms with Gasteiger partial charge >= 0.3 is 17.9 Å². The minimum atomic E-state index is -5.07. The lowest BCUT2D eigenvalue weighted by molar-refractivity contribution is -0.154. The molecule has 0 radical (unpaired) electrons. The number of hydrogen-bond acceptors (Lipinski definition) is 6. The molecule has 0 aliphatic rings. The van der Waals surface area contributed by atoms with Gasteiger partial charge in [0.1, 0.15) is 6.04 Å². The largest absolute Gasteiger partial charge is 0.481 e. The van der Waals surface area contributed by atoms with Gasteiger partial charge in [-0.25, -0.2) is 4.79 Å². The number of aliphatic carboxylic acids is 3. The number of carbonyl (C=O) groups excluding carboxylic acids is 1. The van der Waals surface area contributed by atoms with Gasteiger partial charge in [-0.05, 0) is 0 Å². The molecule has 0 heterocycles. The van der Waals surface area contributed by atoms with Crippen LogP contribution in [0.4, 0.5) is 0 Å². The van der Waals surface area contributed by atoms with Crippen molar-refractivity contribution in [3.8, 4) is 0 Å². The number of likely N-dealkylation sites (N-methyl/N-ethyl adjacent to an activating group) is 1. The molecule has 0 saturated heterocycles. The summed E-state index contributed by atoms with van der Waals surface area (Å²) in [4.78, 5) is 44.1. The lowest BCUT2D eigenvalue weighted by Gasteiger charge is -2.24. The molecule has 0 aliphatic heterocycles. The standard InChI is InChI=1S/C9H13NO10S/c1-10(4(8(14)15)2-7(12)13)6(11)3-5(9(16)17)21(18,19)20/h4-5H,2-3H2,1H3,(H,12,13)(H,14,15)(H,16,17)(H,18,19,20). The molecule has 12 heteroatoms. The van der Waals surface area contributed by atoms with E-state index in [9.17, 15) is 27.6 Å². The van der Waals surface area contributed by atoms with E-state index in [1.165, 1.54) is 0 Å². The summed E-state index contributed by atoms with van der Waals surface area (Å²) >= 11 is 0. The number of carboxylic acids is 3. The minimum absolute atomic E-state index is 0.400. The Morgan fingerprint density at radius 3 is 1.76 bits per heavy atom. The molecule has 0 aromatic rings. The first-order valence-corrected chi connectivity index (χ1v) is 6.77. The second-order valence-electron chi connectivity index (χ2n) is 4.00. The predicted octanol–water partition coefficient (Wildman–Crippen LogP) is -1.90. The van der Waals surface area contributed by atoms with Crippen molar-refractivity contribution in [3.63, 3.8) is 0 Å². The van der Waals surface area contributed by atoms with Crippen LogP contribution >= 0.6 is 0 Å². The maximum atomic E-state index is 11.7. The fourth-order valence-electron chi connectivity index (χ4n) is 1.35. The van der Waals surface area contributed by atoms with Gasteiger partial charge in [0.05, 0.1) is 12.8 Å². The van der Waals surface area contributed by atoms with E-state index in [4.69, 9.17) is 19.9 Å². The highest BCUT2D eigenvalue weighted by atomic mass is 32.2. The number of carbonyl (C=O) groups is 4. The average Bonchev–Trinajstić information content (AvgIpc) is 2.29. The van der Waals surface area contributed by atoms with Gasteiger partial charge < -0.3 is 20.2 Å². The number of rotatable bonds is 8. The lowest BCUT2D eigenvalue weighted by atomic mass is 10.1. The second kappa shape index (κ2) is 6.99. The monoisotopic (exact) mass is 327 g/mol. The topological polar surface area (TPSA) is 187 Å². The molecular formula is C9H13NO10S. The van der Waals surface area contributed by atoms with E-state index in [1.54, 1.807) is 0 Å². The number of hydrogen-bond donors (Lipinski definition) is 4. The van der Waals surface area contributed by atoms with Crippen LogP contribution in [0.25, 0.3) is 0 Å². The summed E-state index contributed by atoms with van der Waals surface area (Å²) in [5.74, 6) is -6.43. The van der Waals surface area contributed by atoms with E-state index in [0.717, 1.165) is 7.05 Å². The molecule has 0 aliphatic carbocycles. The van der Waals surface area contributed by atoms with E-state index in [-0.39, 0.29) is 0 Å². The quantitative estimate of drug-likeness (QED) is 0.367. The van der Waals surface area contributed by atoms with Crippen LogP contribution in [0.3, 0.4) is 0 Å². The van der Waals surface area contributed by atoms with Crippen molar-refractivity contribution in [2.75, 3.05) is 7.05 Å². The van der Waals surface area contributed by atoms with Crippen LogP contribution in [0.1, 0.15) is 12.8 Å². The number of carboxylic acid groups (broad SMARTS) is 3. The highest BCUT2D eigenvalue weighted by Gasteiger charge is 2.37. The second-order valence-corrected chi connectivity index (χ2v) is 5.60. The Kier molecular flexibility index (Phi) is 6.25. The molecular weight excluding hydrogens is 314 g/mol. The van der Waals surface area contributed by atoms with Crippen LogP contribution in [0.5, 0.6) is 0 Å². The van der Waals surface area contributed by atoms with Gasteiger partial charge in [-0.3, -0.25) is 18.9 Å². The van der Waals surface area contributed by atoms with Crippen molar-refractivity contribution in [1.82, 2.24) is 4.90 Å². The summed E-state index contributed by atoms with van der Waals surface area (Å²) in [5.41, 5.74) is 0. The van der Waals surface area contributed by atoms with E-state index in [0.29, 0.717) is 4.90 Å². The summed E-state index contributed by atoms with van der Waals surface area (Å²) < 4.78 is 30.3. The van der Waals surface area contributed by atoms with Crippen LogP contribution in [0, 0.1) is 0 Å². The third-order valence-corrected chi connectivity index (χ3v) is 3.60. The van der Waals surface area contributed by atoms with Crippen LogP contribution < -0.4 is 0 Å². The molecule has 0 aromatic carbocycles. The van der Waals surface area contributed by atoms with Gasteiger partial charge in [-0.15, -0.1) is 0 Å². The zero-order valence-corrected chi connectivity index (χ0v) is 11.5. The molecule has 0 spiro atoms. The van der Waals surface area contributed by atoms with Crippen LogP contribution in [0.2, 0.25) is 0 Å². The summed E-state index contributed by atoms with van der Waals surface area (Å²) in [6.45, 7) is 0. The summed E-state index contributed by atoms with van der Waals surface area (Å²) in [6, 6.07) is -1.80. The molecule has 0 bridgehead atoms. The van der Waals surface area contributed by atoms with Crippen LogP contribution in [0.15, 0.2) is 0 Å². The zero-order chi connectivity index (χ0) is 17.0. The Bertz CT molecular complexity index is 553. The molecule has 1 amide bonds. The lowest BCUT2D eigenvalue weighted by Crippen LogP contribution is -2.46. The van der Waals surface area contributed by atoms with Gasteiger partial charge in [0.2, 0.25) is 5.91 Å². The first kappa shape index (κ1) is 18.8. The first-order chi connectivity index (χ1) is 9.37. The van der Waals surface area contributed by atoms with Crippen molar-refractivity contribution < 1.29 is 47.5 Å². The Balaban J connectivity index is 5.18. The average molecular weight is 327 g/mol. The van der Waals surface area contributed by atoms with Gasteiger partial charge in [-0.2, -0.15) is 8.42 Å². The van der Waals surface area contributed by atoms with Crippen molar-refractivity contribution in [2.45, 2.75) is 24.1 Å². The van der Waals surface area contributed by atoms with Crippen molar-refractivity contribution in [3.05, 3.63) is 0 Å². The molecule has 11 nitrogen and oxygen atoms in total. The summed E-state index contributed by atoms with van der Waals surface area (Å²) in [5, 5.41) is 23.5. The molecule has 21 heavy (non-hydrogen) atoms. The Morgan fingerprint density at radius 2 is 1.48 bits per heavy atom. The maximum absolute atomic E-state index is 11.7. The van der Waals surface area contributed by atoms with E-state index >= 15 is 0 Å². The fraction of sp³-hybridized carbons (Fsp3) is 0.556. The van der Waals surface area contributed by atoms with E-state index < -0.39 is 58.1 Å². The fourth-order valence-corrected chi connectivity index (χ4v) is 1.96. The molecule has 2 atom stereocenters. The third kappa shape index (κ3) is 5.74. The van der Waals surface area contributed by atoms with Gasteiger partial charge in [-0.1, -0.05) is 0 Å². The molecule has 0 aromatic heterocycles. The van der Waals surface area contributed by atoms with E-state index in [2.05, 4.69) is 0 Å². The van der Waals surface area contributed by atoms with Gasteiger partial charge in [0.15, 0.2) is 5.25 Å². The third-order valence-electron chi connectivity index (χ3n) is 2.51. The van der Waals surface area contributed by atoms with Crippen molar-refractivity contribution in [2.24, 2.45) is 0 Å². The minimum Gasteiger partial charge on any atom is -0.481 e. The van der Waals surface area contributed by atoms with Crippen LogP contribution in [-0.2, 0) is 29.3 Å². The number of amides is 1. The molecule has 2 unspecified atom stereocenters. The first-order valence-electron chi connectivity index (χ1n) is 5.27. The number of nitrogens with zero attached hydrogens (tertiary/aromatic N) is 1. The Morgan fingerprint density at radius 1 is 1.00 bits per heavy atom. The molecule has 0 rings (SSSR count). The van der Waals surface area contributed by atoms with Gasteiger partial charge in [0.25, 0.3) is 10.1 Å². The predicted molar refractivity (Wildman–Crippen MR) is 64.0 cm³/mol. The van der Waals surface area contributed by atoms with Crippen molar-refractivity contribution >= 4 is 33.9 Å². The van der Waals surface area contributed by atoms with Gasteiger partial charge in [0, 0.05) is 7.05 Å². The smallest absolute Gasteiger partial charge is 0.327 e. The summed E-state index contributed by atoms with van der Waals surface area (Å²) in [6.07, 6.45) is -2.19. The normalized spacial score (nSPS) is 14.0. The highest BCUT2D eigenvalue weighted by molar-refractivity contribution is 7.87. The summed E-state index contributed by atoms with van der Waals surface area (Å²) in [7, 11) is -4.19.